The van der Waals surface area contributed by atoms with E-state index in [9.17, 15) is 26.8 Å². The first-order valence-corrected chi connectivity index (χ1v) is 13.4. The molecule has 0 saturated heterocycles. The Morgan fingerprint density at radius 3 is 2.22 bits per heavy atom. The highest BCUT2D eigenvalue weighted by Gasteiger charge is 2.33. The van der Waals surface area contributed by atoms with E-state index < -0.39 is 46.1 Å². The van der Waals surface area contributed by atoms with Crippen LogP contribution in [-0.2, 0) is 32.6 Å². The van der Waals surface area contributed by atoms with Gasteiger partial charge in [0.25, 0.3) is 0 Å². The molecule has 3 aromatic carbocycles. The highest BCUT2D eigenvalue weighted by atomic mass is 35.5. The third-order valence-electron chi connectivity index (χ3n) is 5.69. The molecule has 1 atom stereocenters. The molecule has 11 heteroatoms. The van der Waals surface area contributed by atoms with Gasteiger partial charge in [-0.05, 0) is 29.8 Å². The van der Waals surface area contributed by atoms with Crippen molar-refractivity contribution < 1.29 is 26.8 Å². The molecular formula is C26H26ClF2N3O4S. The summed E-state index contributed by atoms with van der Waals surface area (Å²) < 4.78 is 54.3. The van der Waals surface area contributed by atoms with E-state index in [4.69, 9.17) is 11.6 Å². The summed E-state index contributed by atoms with van der Waals surface area (Å²) in [5.74, 6) is -2.61. The average Bonchev–Trinajstić information content (AvgIpc) is 2.86. The minimum Gasteiger partial charge on any atom is -0.357 e. The quantitative estimate of drug-likeness (QED) is 0.417. The normalized spacial score (nSPS) is 12.0. The number of sulfonamides is 1. The molecular weight excluding hydrogens is 524 g/mol. The zero-order valence-corrected chi connectivity index (χ0v) is 21.8. The Labute approximate surface area is 219 Å². The van der Waals surface area contributed by atoms with Crippen LogP contribution >= 0.6 is 11.6 Å². The van der Waals surface area contributed by atoms with E-state index in [1.165, 1.54) is 31.3 Å². The molecule has 0 saturated carbocycles. The molecule has 0 unspecified atom stereocenters. The van der Waals surface area contributed by atoms with E-state index in [-0.39, 0.29) is 29.2 Å². The number of rotatable bonds is 10. The molecule has 0 bridgehead atoms. The standard InChI is InChI=1S/C26H26ClF2N3O4S/c1-30-26(34)24(14-18-8-4-3-5-9-18)31(16-19-10-6-7-11-22(19)28)25(33)17-32(37(2,35)36)20-12-13-23(29)21(27)15-20/h3-13,15,24H,14,16-17H2,1-2H3,(H,30,34)/t24-/m0/s1. The van der Waals surface area contributed by atoms with Gasteiger partial charge in [0.1, 0.15) is 24.2 Å². The van der Waals surface area contributed by atoms with Gasteiger partial charge in [-0.2, -0.15) is 0 Å². The molecule has 0 spiro atoms. The number of benzene rings is 3. The van der Waals surface area contributed by atoms with E-state index in [0.29, 0.717) is 0 Å². The first kappa shape index (κ1) is 28.1. The molecule has 3 rings (SSSR count). The van der Waals surface area contributed by atoms with Crippen LogP contribution in [0.1, 0.15) is 11.1 Å². The van der Waals surface area contributed by atoms with Crippen molar-refractivity contribution >= 4 is 39.1 Å². The Balaban J connectivity index is 2.05. The SMILES string of the molecule is CNC(=O)[C@H](Cc1ccccc1)N(Cc1ccccc1F)C(=O)CN(c1ccc(F)c(Cl)c1)S(C)(=O)=O. The molecule has 3 aromatic rings. The smallest absolute Gasteiger partial charge is 0.244 e. The van der Waals surface area contributed by atoms with Crippen LogP contribution in [-0.4, -0.2) is 51.0 Å². The van der Waals surface area contributed by atoms with Gasteiger partial charge in [-0.1, -0.05) is 60.1 Å². The zero-order valence-electron chi connectivity index (χ0n) is 20.2. The molecule has 37 heavy (non-hydrogen) atoms. The second kappa shape index (κ2) is 12.2. The van der Waals surface area contributed by atoms with Gasteiger partial charge in [0.05, 0.1) is 17.0 Å². The van der Waals surface area contributed by atoms with Gasteiger partial charge in [-0.15, -0.1) is 0 Å². The van der Waals surface area contributed by atoms with Gasteiger partial charge in [-0.25, -0.2) is 17.2 Å². The number of hydrogen-bond donors (Lipinski definition) is 1. The van der Waals surface area contributed by atoms with Gasteiger partial charge < -0.3 is 10.2 Å². The molecule has 0 aliphatic rings. The summed E-state index contributed by atoms with van der Waals surface area (Å²) in [5.41, 5.74) is 0.855. The maximum atomic E-state index is 14.6. The number of nitrogens with zero attached hydrogens (tertiary/aromatic N) is 2. The maximum Gasteiger partial charge on any atom is 0.244 e. The molecule has 0 radical (unpaired) electrons. The van der Waals surface area contributed by atoms with Gasteiger partial charge in [0, 0.05) is 25.6 Å². The minimum atomic E-state index is -4.04. The molecule has 0 fully saturated rings. The van der Waals surface area contributed by atoms with Crippen molar-refractivity contribution in [1.82, 2.24) is 10.2 Å². The lowest BCUT2D eigenvalue weighted by Crippen LogP contribution is -2.53. The topological polar surface area (TPSA) is 86.8 Å². The average molecular weight is 550 g/mol. The number of carbonyl (C=O) groups excluding carboxylic acids is 2. The largest absolute Gasteiger partial charge is 0.357 e. The van der Waals surface area contributed by atoms with E-state index in [1.807, 2.05) is 0 Å². The predicted molar refractivity (Wildman–Crippen MR) is 139 cm³/mol. The zero-order chi connectivity index (χ0) is 27.2. The van der Waals surface area contributed by atoms with E-state index in [0.717, 1.165) is 33.2 Å². The first-order valence-electron chi connectivity index (χ1n) is 11.2. The van der Waals surface area contributed by atoms with Crippen LogP contribution < -0.4 is 9.62 Å². The summed E-state index contributed by atoms with van der Waals surface area (Å²) in [7, 11) is -2.63. The van der Waals surface area contributed by atoms with E-state index >= 15 is 0 Å². The number of likely N-dealkylation sites (N-methyl/N-ethyl adjacent to an activating group) is 1. The van der Waals surface area contributed by atoms with Gasteiger partial charge in [0.2, 0.25) is 21.8 Å². The summed E-state index contributed by atoms with van der Waals surface area (Å²) in [6, 6.07) is 16.9. The third kappa shape index (κ3) is 7.27. The fourth-order valence-electron chi connectivity index (χ4n) is 3.78. The Morgan fingerprint density at radius 1 is 0.973 bits per heavy atom. The summed E-state index contributed by atoms with van der Waals surface area (Å²) in [6.45, 7) is -1.02. The van der Waals surface area contributed by atoms with Crippen molar-refractivity contribution in [2.75, 3.05) is 24.2 Å². The van der Waals surface area contributed by atoms with Crippen LogP contribution in [0.2, 0.25) is 5.02 Å². The lowest BCUT2D eigenvalue weighted by Gasteiger charge is -2.33. The Kier molecular flexibility index (Phi) is 9.23. The second-order valence-electron chi connectivity index (χ2n) is 8.30. The molecule has 2 amide bonds. The molecule has 0 aromatic heterocycles. The Morgan fingerprint density at radius 2 is 1.62 bits per heavy atom. The molecule has 0 aliphatic heterocycles. The number of carbonyl (C=O) groups is 2. The number of amides is 2. The van der Waals surface area contributed by atoms with Crippen LogP contribution in [0.5, 0.6) is 0 Å². The summed E-state index contributed by atoms with van der Waals surface area (Å²) in [6.07, 6.45) is 0.987. The highest BCUT2D eigenvalue weighted by molar-refractivity contribution is 7.92. The summed E-state index contributed by atoms with van der Waals surface area (Å²) in [4.78, 5) is 27.8. The van der Waals surface area contributed by atoms with Crippen molar-refractivity contribution in [2.45, 2.75) is 19.0 Å². The van der Waals surface area contributed by atoms with Crippen molar-refractivity contribution in [2.24, 2.45) is 0 Å². The molecule has 1 N–H and O–H groups in total. The predicted octanol–water partition coefficient (Wildman–Crippen LogP) is 3.77. The maximum absolute atomic E-state index is 14.6. The van der Waals surface area contributed by atoms with Gasteiger partial charge in [0.15, 0.2) is 0 Å². The van der Waals surface area contributed by atoms with Gasteiger partial charge >= 0.3 is 0 Å². The van der Waals surface area contributed by atoms with E-state index in [2.05, 4.69) is 5.32 Å². The van der Waals surface area contributed by atoms with Crippen molar-refractivity contribution in [1.29, 1.82) is 0 Å². The highest BCUT2D eigenvalue weighted by Crippen LogP contribution is 2.25. The minimum absolute atomic E-state index is 0.0346. The third-order valence-corrected chi connectivity index (χ3v) is 7.12. The summed E-state index contributed by atoms with van der Waals surface area (Å²) >= 11 is 5.85. The molecule has 196 valence electrons. The van der Waals surface area contributed by atoms with Crippen molar-refractivity contribution in [3.05, 3.63) is 101 Å². The lowest BCUT2D eigenvalue weighted by atomic mass is 10.0. The molecule has 0 aliphatic carbocycles. The van der Waals surface area contributed by atoms with Crippen LogP contribution in [0.4, 0.5) is 14.5 Å². The van der Waals surface area contributed by atoms with E-state index in [1.54, 1.807) is 36.4 Å². The monoisotopic (exact) mass is 549 g/mol. The van der Waals surface area contributed by atoms with Crippen LogP contribution in [0.3, 0.4) is 0 Å². The van der Waals surface area contributed by atoms with Crippen LogP contribution in [0.15, 0.2) is 72.8 Å². The van der Waals surface area contributed by atoms with Crippen molar-refractivity contribution in [3.63, 3.8) is 0 Å². The van der Waals surface area contributed by atoms with Gasteiger partial charge in [-0.3, -0.25) is 13.9 Å². The van der Waals surface area contributed by atoms with Crippen LogP contribution in [0.25, 0.3) is 0 Å². The number of anilines is 1. The molecule has 0 heterocycles. The van der Waals surface area contributed by atoms with Crippen LogP contribution in [0, 0.1) is 11.6 Å². The number of halogens is 3. The lowest BCUT2D eigenvalue weighted by molar-refractivity contribution is -0.139. The summed E-state index contributed by atoms with van der Waals surface area (Å²) in [5, 5.41) is 2.21. The fourth-order valence-corrected chi connectivity index (χ4v) is 4.80. The Bertz CT molecular complexity index is 1370. The fraction of sp³-hybridized carbons (Fsp3) is 0.231. The number of hydrogen-bond acceptors (Lipinski definition) is 4. The number of nitrogens with one attached hydrogen (secondary N) is 1. The molecule has 7 nitrogen and oxygen atoms in total. The first-order chi connectivity index (χ1) is 17.5. The van der Waals surface area contributed by atoms with Crippen molar-refractivity contribution in [3.8, 4) is 0 Å². The Hall–Kier alpha value is -3.50. The second-order valence-corrected chi connectivity index (χ2v) is 10.6.